The average molecular weight is 399 g/mol. The van der Waals surface area contributed by atoms with Crippen molar-refractivity contribution in [2.24, 2.45) is 0 Å². The zero-order valence-corrected chi connectivity index (χ0v) is 16.5. The summed E-state index contributed by atoms with van der Waals surface area (Å²) in [7, 11) is 0. The molecular formula is C22H21N7O. The quantitative estimate of drug-likeness (QED) is 0.662. The van der Waals surface area contributed by atoms with Crippen LogP contribution in [-0.4, -0.2) is 53.0 Å². The summed E-state index contributed by atoms with van der Waals surface area (Å²) < 4.78 is 5.49. The van der Waals surface area contributed by atoms with Crippen molar-refractivity contribution in [3.8, 4) is 17.3 Å². The fourth-order valence-electron chi connectivity index (χ4n) is 3.92. The van der Waals surface area contributed by atoms with Crippen LogP contribution < -0.4 is 9.80 Å². The van der Waals surface area contributed by atoms with E-state index in [1.165, 1.54) is 0 Å². The lowest BCUT2D eigenvalue weighted by atomic mass is 10.1. The van der Waals surface area contributed by atoms with Gasteiger partial charge in [-0.1, -0.05) is 0 Å². The van der Waals surface area contributed by atoms with Gasteiger partial charge in [-0.25, -0.2) is 4.98 Å². The summed E-state index contributed by atoms with van der Waals surface area (Å²) in [6.07, 6.45) is 4.30. The minimum atomic E-state index is 0.541. The molecule has 3 aromatic heterocycles. The van der Waals surface area contributed by atoms with Crippen molar-refractivity contribution >= 4 is 11.6 Å². The predicted molar refractivity (Wildman–Crippen MR) is 112 cm³/mol. The molecule has 8 nitrogen and oxygen atoms in total. The Bertz CT molecular complexity index is 1070. The topological polar surface area (TPSA) is 91.1 Å². The normalized spacial score (nSPS) is 16.1. The first-order valence-electron chi connectivity index (χ1n) is 10.1. The highest BCUT2D eigenvalue weighted by Gasteiger charge is 2.24. The summed E-state index contributed by atoms with van der Waals surface area (Å²) in [6, 6.07) is 12.1. The van der Waals surface area contributed by atoms with E-state index in [1.807, 2.05) is 30.3 Å². The Morgan fingerprint density at radius 2 is 1.77 bits per heavy atom. The highest BCUT2D eigenvalue weighted by atomic mass is 16.5. The molecule has 0 atom stereocenters. The van der Waals surface area contributed by atoms with Gasteiger partial charge in [-0.3, -0.25) is 4.98 Å². The third kappa shape index (κ3) is 3.55. The molecule has 150 valence electrons. The van der Waals surface area contributed by atoms with Gasteiger partial charge in [0.25, 0.3) is 0 Å². The highest BCUT2D eigenvalue weighted by Crippen LogP contribution is 2.26. The number of pyridine rings is 2. The molecular weight excluding hydrogens is 378 g/mol. The van der Waals surface area contributed by atoms with Crippen LogP contribution in [0.15, 0.2) is 42.7 Å². The molecule has 3 aromatic rings. The van der Waals surface area contributed by atoms with Gasteiger partial charge in [0.2, 0.25) is 0 Å². The van der Waals surface area contributed by atoms with E-state index in [2.05, 4.69) is 31.1 Å². The number of nitrogens with zero attached hydrogens (tertiary/aromatic N) is 7. The third-order valence-corrected chi connectivity index (χ3v) is 5.56. The molecule has 0 aromatic carbocycles. The molecule has 5 heterocycles. The van der Waals surface area contributed by atoms with Gasteiger partial charge in [0.05, 0.1) is 30.2 Å². The van der Waals surface area contributed by atoms with Crippen LogP contribution >= 0.6 is 0 Å². The number of nitriles is 1. The van der Waals surface area contributed by atoms with Crippen LogP contribution in [0.3, 0.4) is 0 Å². The van der Waals surface area contributed by atoms with Crippen LogP contribution in [0, 0.1) is 11.3 Å². The molecule has 0 unspecified atom stereocenters. The molecule has 5 rings (SSSR count). The largest absolute Gasteiger partial charge is 0.376 e. The number of hydrogen-bond acceptors (Lipinski definition) is 8. The van der Waals surface area contributed by atoms with Gasteiger partial charge in [0.1, 0.15) is 11.9 Å². The maximum Gasteiger partial charge on any atom is 0.151 e. The van der Waals surface area contributed by atoms with Crippen LogP contribution in [0.2, 0.25) is 0 Å². The first-order chi connectivity index (χ1) is 14.8. The standard InChI is InChI=1S/C22H21N7O/c23-14-17-13-18-15-30-12-5-19(18)25-22(17)29-10-8-28(9-11-29)21-2-1-20(26-27-21)16-3-6-24-7-4-16/h1-4,6-7,13H,5,8-12,15H2. The summed E-state index contributed by atoms with van der Waals surface area (Å²) in [5, 5.41) is 18.4. The third-order valence-electron chi connectivity index (χ3n) is 5.56. The van der Waals surface area contributed by atoms with E-state index in [9.17, 15) is 5.26 Å². The smallest absolute Gasteiger partial charge is 0.151 e. The number of anilines is 2. The number of piperazine rings is 1. The van der Waals surface area contributed by atoms with Crippen molar-refractivity contribution in [2.45, 2.75) is 13.0 Å². The van der Waals surface area contributed by atoms with Crippen molar-refractivity contribution in [2.75, 3.05) is 42.6 Å². The van der Waals surface area contributed by atoms with E-state index in [0.717, 1.165) is 66.8 Å². The minimum absolute atomic E-state index is 0.541. The lowest BCUT2D eigenvalue weighted by molar-refractivity contribution is 0.109. The van der Waals surface area contributed by atoms with Crippen LogP contribution in [0.4, 0.5) is 11.6 Å². The summed E-state index contributed by atoms with van der Waals surface area (Å²) >= 11 is 0. The van der Waals surface area contributed by atoms with Gasteiger partial charge >= 0.3 is 0 Å². The van der Waals surface area contributed by atoms with Crippen molar-refractivity contribution < 1.29 is 4.74 Å². The first-order valence-corrected chi connectivity index (χ1v) is 10.1. The molecule has 0 spiro atoms. The number of rotatable bonds is 3. The SMILES string of the molecule is N#Cc1cc2c(nc1N1CCN(c3ccc(-c4ccncc4)nn3)CC1)CCOC2. The molecule has 2 aliphatic rings. The maximum atomic E-state index is 9.61. The van der Waals surface area contributed by atoms with Crippen molar-refractivity contribution in [1.29, 1.82) is 5.26 Å². The minimum Gasteiger partial charge on any atom is -0.376 e. The zero-order valence-electron chi connectivity index (χ0n) is 16.5. The van der Waals surface area contributed by atoms with Crippen LogP contribution in [-0.2, 0) is 17.8 Å². The Kier molecular flexibility index (Phi) is 4.95. The van der Waals surface area contributed by atoms with Crippen LogP contribution in [0.5, 0.6) is 0 Å². The second-order valence-electron chi connectivity index (χ2n) is 7.37. The molecule has 0 bridgehead atoms. The first kappa shape index (κ1) is 18.5. The molecule has 0 radical (unpaired) electrons. The molecule has 30 heavy (non-hydrogen) atoms. The van der Waals surface area contributed by atoms with Crippen LogP contribution in [0.1, 0.15) is 16.8 Å². The van der Waals surface area contributed by atoms with Crippen molar-refractivity contribution in [3.63, 3.8) is 0 Å². The average Bonchev–Trinajstić information content (AvgIpc) is 2.84. The van der Waals surface area contributed by atoms with Gasteiger partial charge in [-0.05, 0) is 30.3 Å². The van der Waals surface area contributed by atoms with E-state index in [-0.39, 0.29) is 0 Å². The van der Waals surface area contributed by atoms with Gasteiger partial charge in [-0.2, -0.15) is 5.26 Å². The van der Waals surface area contributed by atoms with Crippen molar-refractivity contribution in [1.82, 2.24) is 20.2 Å². The Morgan fingerprint density at radius 1 is 0.967 bits per heavy atom. The summed E-state index contributed by atoms with van der Waals surface area (Å²) in [5.41, 5.74) is 4.54. The predicted octanol–water partition coefficient (Wildman–Crippen LogP) is 2.20. The Hall–Kier alpha value is -3.57. The van der Waals surface area contributed by atoms with E-state index >= 15 is 0 Å². The number of aromatic nitrogens is 4. The zero-order chi connectivity index (χ0) is 20.3. The molecule has 0 N–H and O–H groups in total. The van der Waals surface area contributed by atoms with Crippen LogP contribution in [0.25, 0.3) is 11.3 Å². The molecule has 0 saturated carbocycles. The monoisotopic (exact) mass is 399 g/mol. The Labute approximate surface area is 174 Å². The Balaban J connectivity index is 1.29. The van der Waals surface area contributed by atoms with Gasteiger partial charge in [0, 0.05) is 56.1 Å². The second kappa shape index (κ2) is 8.05. The second-order valence-corrected chi connectivity index (χ2v) is 7.37. The van der Waals surface area contributed by atoms with Gasteiger partial charge < -0.3 is 14.5 Å². The fraction of sp³-hybridized carbons (Fsp3) is 0.318. The van der Waals surface area contributed by atoms with E-state index in [4.69, 9.17) is 9.72 Å². The molecule has 1 saturated heterocycles. The number of hydrogen-bond donors (Lipinski definition) is 0. The van der Waals surface area contributed by atoms with Gasteiger partial charge in [0.15, 0.2) is 5.82 Å². The molecule has 1 fully saturated rings. The molecule has 0 amide bonds. The van der Waals surface area contributed by atoms with Gasteiger partial charge in [-0.15, -0.1) is 10.2 Å². The lowest BCUT2D eigenvalue weighted by Gasteiger charge is -2.36. The number of ether oxygens (including phenoxy) is 1. The van der Waals surface area contributed by atoms with E-state index in [0.29, 0.717) is 18.8 Å². The van der Waals surface area contributed by atoms with E-state index < -0.39 is 0 Å². The molecule has 2 aliphatic heterocycles. The molecule has 0 aliphatic carbocycles. The highest BCUT2D eigenvalue weighted by molar-refractivity contribution is 5.60. The summed E-state index contributed by atoms with van der Waals surface area (Å²) in [6.45, 7) is 4.40. The maximum absolute atomic E-state index is 9.61. The van der Waals surface area contributed by atoms with Crippen molar-refractivity contribution in [3.05, 3.63) is 59.5 Å². The summed E-state index contributed by atoms with van der Waals surface area (Å²) in [5.74, 6) is 1.65. The number of fused-ring (bicyclic) bond motifs is 1. The molecule has 8 heteroatoms. The fourth-order valence-corrected chi connectivity index (χ4v) is 3.92. The Morgan fingerprint density at radius 3 is 2.50 bits per heavy atom. The summed E-state index contributed by atoms with van der Waals surface area (Å²) in [4.78, 5) is 13.3. The lowest BCUT2D eigenvalue weighted by Crippen LogP contribution is -2.47. The van der Waals surface area contributed by atoms with E-state index in [1.54, 1.807) is 12.4 Å².